The summed E-state index contributed by atoms with van der Waals surface area (Å²) >= 11 is 1.28. The monoisotopic (exact) mass is 338 g/mol. The molecule has 0 fully saturated rings. The number of aromatic nitrogens is 1. The zero-order chi connectivity index (χ0) is 17.2. The van der Waals surface area contributed by atoms with Crippen LogP contribution in [0.2, 0.25) is 0 Å². The van der Waals surface area contributed by atoms with Crippen LogP contribution in [0.25, 0.3) is 0 Å². The van der Waals surface area contributed by atoms with Gasteiger partial charge in [0.15, 0.2) is 10.9 Å². The minimum atomic E-state index is -0.544. The minimum Gasteiger partial charge on any atom is -0.458 e. The van der Waals surface area contributed by atoms with Crippen LogP contribution < -0.4 is 5.73 Å². The second-order valence-corrected chi connectivity index (χ2v) is 7.29. The lowest BCUT2D eigenvalue weighted by molar-refractivity contribution is -0.164. The predicted octanol–water partition coefficient (Wildman–Crippen LogP) is 2.14. The van der Waals surface area contributed by atoms with E-state index in [0.717, 1.165) is 0 Å². The van der Waals surface area contributed by atoms with Crippen molar-refractivity contribution in [2.45, 2.75) is 45.8 Å². The van der Waals surface area contributed by atoms with Crippen LogP contribution in [0.4, 0.5) is 5.13 Å². The molecule has 1 heterocycles. The number of nitrogens with two attached hydrogens (primary N) is 1. The van der Waals surface area contributed by atoms with Gasteiger partial charge in [0.25, 0.3) is 0 Å². The van der Waals surface area contributed by atoms with Crippen molar-refractivity contribution in [3.05, 3.63) is 22.7 Å². The molecule has 0 aromatic carbocycles. The van der Waals surface area contributed by atoms with Crippen LogP contribution in [0.3, 0.4) is 0 Å². The molecule has 0 aliphatic heterocycles. The van der Waals surface area contributed by atoms with Gasteiger partial charge in [-0.2, -0.15) is 0 Å². The standard InChI is InChI=1S/C16H22N2O4S/c1-9-5-12(21-4)14(16(2,3)7-11(9)19)22-13(20)6-10-8-23-15(17)18-10/h5,8,12,14H,6-7H2,1-4H3,(H2,17,18). The third-order valence-electron chi connectivity index (χ3n) is 3.96. The second kappa shape index (κ2) is 6.80. The highest BCUT2D eigenvalue weighted by Gasteiger charge is 2.42. The summed E-state index contributed by atoms with van der Waals surface area (Å²) in [5.74, 6) is -0.362. The highest BCUT2D eigenvalue weighted by atomic mass is 32.1. The number of nitrogens with zero attached hydrogens (tertiary/aromatic N) is 1. The number of ether oxygens (including phenoxy) is 2. The van der Waals surface area contributed by atoms with Gasteiger partial charge in [-0.05, 0) is 18.6 Å². The number of hydrogen-bond donors (Lipinski definition) is 1. The van der Waals surface area contributed by atoms with E-state index in [1.165, 1.54) is 11.3 Å². The van der Waals surface area contributed by atoms with Crippen molar-refractivity contribution >= 4 is 28.2 Å². The van der Waals surface area contributed by atoms with E-state index in [1.54, 1.807) is 25.5 Å². The van der Waals surface area contributed by atoms with Crippen LogP contribution in [-0.4, -0.2) is 36.1 Å². The van der Waals surface area contributed by atoms with Gasteiger partial charge in [-0.1, -0.05) is 13.8 Å². The lowest BCUT2D eigenvalue weighted by atomic mass is 9.80. The van der Waals surface area contributed by atoms with E-state index >= 15 is 0 Å². The summed E-state index contributed by atoms with van der Waals surface area (Å²) in [5.41, 5.74) is 6.26. The van der Waals surface area contributed by atoms with Gasteiger partial charge < -0.3 is 15.2 Å². The number of rotatable bonds is 4. The topological polar surface area (TPSA) is 91.5 Å². The SMILES string of the molecule is COC1C=C(C)C(=O)CC(C)(C)C1OC(=O)Cc1csc(N)n1. The van der Waals surface area contributed by atoms with E-state index in [1.807, 2.05) is 13.8 Å². The number of carbonyl (C=O) groups is 2. The van der Waals surface area contributed by atoms with Gasteiger partial charge in [0.05, 0.1) is 12.1 Å². The van der Waals surface area contributed by atoms with Crippen molar-refractivity contribution in [3.8, 4) is 0 Å². The average molecular weight is 338 g/mol. The van der Waals surface area contributed by atoms with Gasteiger partial charge >= 0.3 is 5.97 Å². The first kappa shape index (κ1) is 17.6. The normalized spacial score (nSPS) is 24.0. The first-order valence-electron chi connectivity index (χ1n) is 7.36. The molecular weight excluding hydrogens is 316 g/mol. The molecule has 1 aromatic heterocycles. The molecule has 0 amide bonds. The zero-order valence-corrected chi connectivity index (χ0v) is 14.6. The smallest absolute Gasteiger partial charge is 0.312 e. The van der Waals surface area contributed by atoms with Crippen molar-refractivity contribution in [1.82, 2.24) is 4.98 Å². The van der Waals surface area contributed by atoms with Crippen molar-refractivity contribution in [2.75, 3.05) is 12.8 Å². The molecule has 1 aromatic rings. The highest BCUT2D eigenvalue weighted by Crippen LogP contribution is 2.36. The Balaban J connectivity index is 2.16. The summed E-state index contributed by atoms with van der Waals surface area (Å²) < 4.78 is 11.1. The number of nitrogen functional groups attached to an aromatic ring is 1. The van der Waals surface area contributed by atoms with Crippen LogP contribution in [0.1, 0.15) is 32.9 Å². The molecule has 0 spiro atoms. The molecular formula is C16H22N2O4S. The summed E-state index contributed by atoms with van der Waals surface area (Å²) in [4.78, 5) is 28.4. The molecule has 0 saturated heterocycles. The quantitative estimate of drug-likeness (QED) is 0.846. The maximum Gasteiger partial charge on any atom is 0.312 e. The number of methoxy groups -OCH3 is 1. The molecule has 1 aliphatic rings. The fourth-order valence-corrected chi connectivity index (χ4v) is 3.24. The number of allylic oxidation sites excluding steroid dienone is 1. The molecule has 0 saturated carbocycles. The number of carbonyl (C=O) groups excluding carboxylic acids is 2. The summed E-state index contributed by atoms with van der Waals surface area (Å²) in [6, 6.07) is 0. The molecule has 6 nitrogen and oxygen atoms in total. The van der Waals surface area contributed by atoms with Gasteiger partial charge in [0, 0.05) is 24.3 Å². The lowest BCUT2D eigenvalue weighted by Crippen LogP contribution is -2.43. The summed E-state index contributed by atoms with van der Waals surface area (Å²) in [7, 11) is 1.54. The van der Waals surface area contributed by atoms with E-state index in [2.05, 4.69) is 4.98 Å². The number of anilines is 1. The minimum absolute atomic E-state index is 0.0443. The number of thiazole rings is 1. The van der Waals surface area contributed by atoms with Gasteiger partial charge in [-0.15, -0.1) is 11.3 Å². The Hall–Kier alpha value is -1.73. The van der Waals surface area contributed by atoms with E-state index in [9.17, 15) is 9.59 Å². The second-order valence-electron chi connectivity index (χ2n) is 6.40. The fourth-order valence-electron chi connectivity index (χ4n) is 2.68. The molecule has 0 radical (unpaired) electrons. The number of esters is 1. The molecule has 7 heteroatoms. The van der Waals surface area contributed by atoms with Gasteiger partial charge in [0.2, 0.25) is 0 Å². The van der Waals surface area contributed by atoms with Crippen LogP contribution >= 0.6 is 11.3 Å². The van der Waals surface area contributed by atoms with Crippen molar-refractivity contribution in [3.63, 3.8) is 0 Å². The first-order valence-corrected chi connectivity index (χ1v) is 8.24. The molecule has 126 valence electrons. The highest BCUT2D eigenvalue weighted by molar-refractivity contribution is 7.13. The largest absolute Gasteiger partial charge is 0.458 e. The van der Waals surface area contributed by atoms with E-state index in [-0.39, 0.29) is 12.2 Å². The molecule has 1 aliphatic carbocycles. The fraction of sp³-hybridized carbons (Fsp3) is 0.562. The Morgan fingerprint density at radius 3 is 2.78 bits per heavy atom. The van der Waals surface area contributed by atoms with Crippen LogP contribution in [0.15, 0.2) is 17.0 Å². The third kappa shape index (κ3) is 4.17. The average Bonchev–Trinajstić information content (AvgIpc) is 2.83. The van der Waals surface area contributed by atoms with Crippen molar-refractivity contribution in [1.29, 1.82) is 0 Å². The van der Waals surface area contributed by atoms with Crippen molar-refractivity contribution in [2.24, 2.45) is 5.41 Å². The molecule has 2 atom stereocenters. The predicted molar refractivity (Wildman–Crippen MR) is 88.1 cm³/mol. The molecule has 2 rings (SSSR count). The Bertz CT molecular complexity index is 636. The Kier molecular flexibility index (Phi) is 5.21. The Morgan fingerprint density at radius 2 is 2.22 bits per heavy atom. The van der Waals surface area contributed by atoms with Gasteiger partial charge in [0.1, 0.15) is 12.2 Å². The van der Waals surface area contributed by atoms with E-state index in [0.29, 0.717) is 22.8 Å². The molecule has 2 unspecified atom stereocenters. The maximum absolute atomic E-state index is 12.3. The Morgan fingerprint density at radius 1 is 1.52 bits per heavy atom. The molecule has 0 bridgehead atoms. The number of ketones is 1. The molecule has 2 N–H and O–H groups in total. The number of Topliss-reactive ketones (excluding diaryl/α,β-unsaturated/α-hetero) is 1. The van der Waals surface area contributed by atoms with E-state index < -0.39 is 23.6 Å². The maximum atomic E-state index is 12.3. The molecule has 23 heavy (non-hydrogen) atoms. The van der Waals surface area contributed by atoms with Crippen LogP contribution in [0, 0.1) is 5.41 Å². The van der Waals surface area contributed by atoms with Gasteiger partial charge in [-0.3, -0.25) is 9.59 Å². The summed E-state index contributed by atoms with van der Waals surface area (Å²) in [6.07, 6.45) is 1.08. The first-order chi connectivity index (χ1) is 10.7. The van der Waals surface area contributed by atoms with E-state index in [4.69, 9.17) is 15.2 Å². The van der Waals surface area contributed by atoms with Crippen LogP contribution in [0.5, 0.6) is 0 Å². The van der Waals surface area contributed by atoms with Crippen molar-refractivity contribution < 1.29 is 19.1 Å². The Labute approximate surface area is 139 Å². The zero-order valence-electron chi connectivity index (χ0n) is 13.8. The number of hydrogen-bond acceptors (Lipinski definition) is 7. The van der Waals surface area contributed by atoms with Gasteiger partial charge in [-0.25, -0.2) is 4.98 Å². The van der Waals surface area contributed by atoms with Crippen LogP contribution in [-0.2, 0) is 25.5 Å². The summed E-state index contributed by atoms with van der Waals surface area (Å²) in [5, 5.41) is 2.15. The lowest BCUT2D eigenvalue weighted by Gasteiger charge is -2.35. The third-order valence-corrected chi connectivity index (χ3v) is 4.69. The summed E-state index contributed by atoms with van der Waals surface area (Å²) in [6.45, 7) is 5.57.